The zero-order valence-corrected chi connectivity index (χ0v) is 9.46. The van der Waals surface area contributed by atoms with Crippen molar-refractivity contribution in [3.05, 3.63) is 29.3 Å². The second-order valence-corrected chi connectivity index (χ2v) is 5.03. The molecule has 1 unspecified atom stereocenters. The van der Waals surface area contributed by atoms with Crippen LogP contribution in [0.2, 0.25) is 0 Å². The van der Waals surface area contributed by atoms with Gasteiger partial charge in [0, 0.05) is 0 Å². The average Bonchev–Trinajstić information content (AvgIpc) is 2.19. The van der Waals surface area contributed by atoms with E-state index < -0.39 is 0 Å². The molecule has 0 amide bonds. The minimum Gasteiger partial charge on any atom is -0.508 e. The van der Waals surface area contributed by atoms with Gasteiger partial charge in [0.25, 0.3) is 0 Å². The molecule has 2 rings (SSSR count). The summed E-state index contributed by atoms with van der Waals surface area (Å²) in [5.74, 6) is 0.881. The number of aryl methyl sites for hydroxylation is 1. The van der Waals surface area contributed by atoms with Crippen LogP contribution in [-0.4, -0.2) is 11.7 Å². The summed E-state index contributed by atoms with van der Waals surface area (Å²) in [4.78, 5) is 0. The van der Waals surface area contributed by atoms with Gasteiger partial charge < -0.3 is 10.8 Å². The molecule has 0 saturated carbocycles. The third kappa shape index (κ3) is 1.63. The fourth-order valence-corrected chi connectivity index (χ4v) is 2.71. The molecule has 0 bridgehead atoms. The molecule has 0 spiro atoms. The van der Waals surface area contributed by atoms with E-state index in [1.807, 2.05) is 12.1 Å². The summed E-state index contributed by atoms with van der Waals surface area (Å²) in [7, 11) is 0. The van der Waals surface area contributed by atoms with Gasteiger partial charge in [-0.25, -0.2) is 0 Å². The Labute approximate surface area is 91.1 Å². The van der Waals surface area contributed by atoms with Crippen LogP contribution in [0, 0.1) is 5.92 Å². The standard InChI is InChI=1S/C13H19NO/c1-13(2)10(8-14)5-3-9-4-6-11(15)7-12(9)13/h4,6-7,10,15H,3,5,8,14H2,1-2H3. The van der Waals surface area contributed by atoms with E-state index in [9.17, 15) is 5.11 Å². The normalized spacial score (nSPS) is 23.5. The first-order chi connectivity index (χ1) is 7.05. The molecule has 2 nitrogen and oxygen atoms in total. The Bertz CT molecular complexity index is 371. The molecular weight excluding hydrogens is 186 g/mol. The number of phenols is 1. The molecule has 1 atom stereocenters. The zero-order valence-electron chi connectivity index (χ0n) is 9.46. The van der Waals surface area contributed by atoms with Crippen molar-refractivity contribution in [1.29, 1.82) is 0 Å². The molecule has 15 heavy (non-hydrogen) atoms. The van der Waals surface area contributed by atoms with Crippen LogP contribution in [0.4, 0.5) is 0 Å². The van der Waals surface area contributed by atoms with Crippen molar-refractivity contribution in [3.63, 3.8) is 0 Å². The summed E-state index contributed by atoms with van der Waals surface area (Å²) in [5, 5.41) is 9.55. The van der Waals surface area contributed by atoms with Gasteiger partial charge in [0.2, 0.25) is 0 Å². The van der Waals surface area contributed by atoms with E-state index >= 15 is 0 Å². The molecule has 3 N–H and O–H groups in total. The molecule has 0 fully saturated rings. The van der Waals surface area contributed by atoms with E-state index in [1.54, 1.807) is 6.07 Å². The number of aromatic hydroxyl groups is 1. The highest BCUT2D eigenvalue weighted by atomic mass is 16.3. The number of phenolic OH excluding ortho intramolecular Hbond substituents is 1. The lowest BCUT2D eigenvalue weighted by Gasteiger charge is -2.40. The average molecular weight is 205 g/mol. The monoisotopic (exact) mass is 205 g/mol. The number of hydrogen-bond acceptors (Lipinski definition) is 2. The second kappa shape index (κ2) is 3.53. The van der Waals surface area contributed by atoms with Crippen molar-refractivity contribution in [3.8, 4) is 5.75 Å². The van der Waals surface area contributed by atoms with E-state index in [-0.39, 0.29) is 5.41 Å². The van der Waals surface area contributed by atoms with E-state index in [4.69, 9.17) is 5.73 Å². The van der Waals surface area contributed by atoms with Crippen LogP contribution in [-0.2, 0) is 11.8 Å². The molecule has 0 saturated heterocycles. The smallest absolute Gasteiger partial charge is 0.115 e. The molecule has 1 aliphatic rings. The molecule has 1 aromatic carbocycles. The van der Waals surface area contributed by atoms with Gasteiger partial charge in [0.1, 0.15) is 5.75 Å². The fourth-order valence-electron chi connectivity index (χ4n) is 2.71. The minimum atomic E-state index is 0.0844. The number of rotatable bonds is 1. The van der Waals surface area contributed by atoms with E-state index in [0.717, 1.165) is 19.4 Å². The Hall–Kier alpha value is -1.02. The van der Waals surface area contributed by atoms with E-state index in [2.05, 4.69) is 13.8 Å². The molecule has 0 aliphatic heterocycles. The number of fused-ring (bicyclic) bond motifs is 1. The fraction of sp³-hybridized carbons (Fsp3) is 0.538. The van der Waals surface area contributed by atoms with Crippen LogP contribution < -0.4 is 5.73 Å². The van der Waals surface area contributed by atoms with Gasteiger partial charge in [-0.1, -0.05) is 19.9 Å². The highest BCUT2D eigenvalue weighted by Gasteiger charge is 2.35. The van der Waals surface area contributed by atoms with Crippen molar-refractivity contribution in [2.45, 2.75) is 32.1 Å². The number of nitrogens with two attached hydrogens (primary N) is 1. The molecule has 0 aromatic heterocycles. The van der Waals surface area contributed by atoms with Crippen LogP contribution in [0.1, 0.15) is 31.4 Å². The van der Waals surface area contributed by atoms with E-state index in [0.29, 0.717) is 11.7 Å². The molecule has 1 aromatic rings. The molecule has 2 heteroatoms. The highest BCUT2D eigenvalue weighted by Crippen LogP contribution is 2.41. The van der Waals surface area contributed by atoms with Gasteiger partial charge in [-0.05, 0) is 54.0 Å². The topological polar surface area (TPSA) is 46.2 Å². The molecule has 0 heterocycles. The second-order valence-electron chi connectivity index (χ2n) is 5.03. The highest BCUT2D eigenvalue weighted by molar-refractivity contribution is 5.41. The van der Waals surface area contributed by atoms with Crippen LogP contribution >= 0.6 is 0 Å². The summed E-state index contributed by atoms with van der Waals surface area (Å²) in [6, 6.07) is 5.72. The third-order valence-corrected chi connectivity index (χ3v) is 3.85. The predicted molar refractivity (Wildman–Crippen MR) is 62.0 cm³/mol. The lowest BCUT2D eigenvalue weighted by molar-refractivity contribution is 0.284. The maximum atomic E-state index is 9.55. The summed E-state index contributed by atoms with van der Waals surface area (Å²) in [6.07, 6.45) is 2.24. The Morgan fingerprint density at radius 1 is 1.47 bits per heavy atom. The lowest BCUT2D eigenvalue weighted by Crippen LogP contribution is -2.38. The lowest BCUT2D eigenvalue weighted by atomic mass is 9.65. The van der Waals surface area contributed by atoms with Crippen LogP contribution in [0.3, 0.4) is 0 Å². The first kappa shape index (κ1) is 10.5. The molecular formula is C13H19NO. The van der Waals surface area contributed by atoms with Crippen molar-refractivity contribution < 1.29 is 5.11 Å². The first-order valence-corrected chi connectivity index (χ1v) is 5.58. The largest absolute Gasteiger partial charge is 0.508 e. The Kier molecular flexibility index (Phi) is 2.47. The van der Waals surface area contributed by atoms with Crippen LogP contribution in [0.25, 0.3) is 0 Å². The van der Waals surface area contributed by atoms with Crippen LogP contribution in [0.15, 0.2) is 18.2 Å². The minimum absolute atomic E-state index is 0.0844. The van der Waals surface area contributed by atoms with Gasteiger partial charge in [-0.15, -0.1) is 0 Å². The summed E-state index contributed by atoms with van der Waals surface area (Å²) in [6.45, 7) is 5.17. The van der Waals surface area contributed by atoms with E-state index in [1.165, 1.54) is 11.1 Å². The summed E-state index contributed by atoms with van der Waals surface area (Å²) < 4.78 is 0. The molecule has 82 valence electrons. The Morgan fingerprint density at radius 2 is 2.20 bits per heavy atom. The first-order valence-electron chi connectivity index (χ1n) is 5.58. The van der Waals surface area contributed by atoms with Crippen molar-refractivity contribution in [2.75, 3.05) is 6.54 Å². The SMILES string of the molecule is CC1(C)c2cc(O)ccc2CCC1CN. The molecule has 1 aliphatic carbocycles. The zero-order chi connectivity index (χ0) is 11.1. The van der Waals surface area contributed by atoms with Crippen molar-refractivity contribution in [1.82, 2.24) is 0 Å². The third-order valence-electron chi connectivity index (χ3n) is 3.85. The maximum absolute atomic E-state index is 9.55. The van der Waals surface area contributed by atoms with Gasteiger partial charge in [-0.2, -0.15) is 0 Å². The summed E-state index contributed by atoms with van der Waals surface area (Å²) >= 11 is 0. The Balaban J connectivity index is 2.50. The predicted octanol–water partition coefficient (Wildman–Crippen LogP) is 2.19. The molecule has 0 radical (unpaired) electrons. The van der Waals surface area contributed by atoms with Gasteiger partial charge >= 0.3 is 0 Å². The van der Waals surface area contributed by atoms with Crippen molar-refractivity contribution in [2.24, 2.45) is 11.7 Å². The van der Waals surface area contributed by atoms with Crippen molar-refractivity contribution >= 4 is 0 Å². The van der Waals surface area contributed by atoms with Gasteiger partial charge in [-0.3, -0.25) is 0 Å². The number of hydrogen-bond donors (Lipinski definition) is 2. The number of benzene rings is 1. The quantitative estimate of drug-likeness (QED) is 0.738. The Morgan fingerprint density at radius 3 is 2.87 bits per heavy atom. The van der Waals surface area contributed by atoms with Gasteiger partial charge in [0.15, 0.2) is 0 Å². The van der Waals surface area contributed by atoms with Crippen LogP contribution in [0.5, 0.6) is 5.75 Å². The summed E-state index contributed by atoms with van der Waals surface area (Å²) in [5.41, 5.74) is 8.53. The van der Waals surface area contributed by atoms with Gasteiger partial charge in [0.05, 0.1) is 0 Å². The maximum Gasteiger partial charge on any atom is 0.115 e.